The standard InChI is InChI=1S/C15H16FNO/c1-10-7-12(16)5-6-14(10)15(17)9-11-3-2-4-13(18)8-11/h2-8,15,18H,9,17H2,1H3. The Kier molecular flexibility index (Phi) is 3.63. The smallest absolute Gasteiger partial charge is 0.123 e. The van der Waals surface area contributed by atoms with Gasteiger partial charge in [0.25, 0.3) is 0 Å². The molecule has 0 fully saturated rings. The van der Waals surface area contributed by atoms with Gasteiger partial charge < -0.3 is 10.8 Å². The molecule has 1 unspecified atom stereocenters. The second kappa shape index (κ2) is 5.19. The molecule has 94 valence electrons. The number of hydrogen-bond donors (Lipinski definition) is 2. The molecule has 0 amide bonds. The van der Waals surface area contributed by atoms with E-state index in [1.807, 2.05) is 13.0 Å². The van der Waals surface area contributed by atoms with E-state index in [0.29, 0.717) is 6.42 Å². The van der Waals surface area contributed by atoms with E-state index in [-0.39, 0.29) is 17.6 Å². The number of rotatable bonds is 3. The highest BCUT2D eigenvalue weighted by atomic mass is 19.1. The molecule has 0 bridgehead atoms. The van der Waals surface area contributed by atoms with Crippen LogP contribution in [0.2, 0.25) is 0 Å². The highest BCUT2D eigenvalue weighted by Gasteiger charge is 2.10. The van der Waals surface area contributed by atoms with E-state index in [9.17, 15) is 9.50 Å². The summed E-state index contributed by atoms with van der Waals surface area (Å²) in [5.74, 6) is -0.0173. The van der Waals surface area contributed by atoms with Crippen LogP contribution in [0.5, 0.6) is 5.75 Å². The molecule has 0 saturated carbocycles. The highest BCUT2D eigenvalue weighted by Crippen LogP contribution is 2.22. The van der Waals surface area contributed by atoms with Gasteiger partial charge in [-0.05, 0) is 54.3 Å². The number of benzene rings is 2. The molecule has 2 rings (SSSR count). The summed E-state index contributed by atoms with van der Waals surface area (Å²) in [6, 6.07) is 11.4. The van der Waals surface area contributed by atoms with E-state index in [2.05, 4.69) is 0 Å². The van der Waals surface area contributed by atoms with Crippen LogP contribution in [0, 0.1) is 12.7 Å². The Bertz CT molecular complexity index is 554. The first-order valence-electron chi connectivity index (χ1n) is 5.86. The minimum absolute atomic E-state index is 0.201. The summed E-state index contributed by atoms with van der Waals surface area (Å²) in [7, 11) is 0. The van der Waals surface area contributed by atoms with Crippen LogP contribution < -0.4 is 5.73 Å². The van der Waals surface area contributed by atoms with Crippen LogP contribution >= 0.6 is 0 Å². The zero-order chi connectivity index (χ0) is 13.1. The Balaban J connectivity index is 2.19. The fourth-order valence-electron chi connectivity index (χ4n) is 2.10. The normalized spacial score (nSPS) is 12.4. The van der Waals surface area contributed by atoms with Crippen molar-refractivity contribution in [3.63, 3.8) is 0 Å². The molecule has 0 aliphatic heterocycles. The van der Waals surface area contributed by atoms with Crippen LogP contribution in [0.15, 0.2) is 42.5 Å². The van der Waals surface area contributed by atoms with Crippen molar-refractivity contribution < 1.29 is 9.50 Å². The molecule has 0 aliphatic rings. The van der Waals surface area contributed by atoms with E-state index in [4.69, 9.17) is 5.73 Å². The van der Waals surface area contributed by atoms with Gasteiger partial charge in [-0.2, -0.15) is 0 Å². The van der Waals surface area contributed by atoms with Gasteiger partial charge in [0.15, 0.2) is 0 Å². The fraction of sp³-hybridized carbons (Fsp3) is 0.200. The van der Waals surface area contributed by atoms with E-state index in [1.165, 1.54) is 12.1 Å². The van der Waals surface area contributed by atoms with Gasteiger partial charge >= 0.3 is 0 Å². The fourth-order valence-corrected chi connectivity index (χ4v) is 2.10. The predicted octanol–water partition coefficient (Wildman–Crippen LogP) is 3.08. The maximum Gasteiger partial charge on any atom is 0.123 e. The lowest BCUT2D eigenvalue weighted by Gasteiger charge is -2.15. The predicted molar refractivity (Wildman–Crippen MR) is 69.9 cm³/mol. The number of aromatic hydroxyl groups is 1. The molecule has 2 nitrogen and oxygen atoms in total. The second-order valence-corrected chi connectivity index (χ2v) is 4.48. The summed E-state index contributed by atoms with van der Waals surface area (Å²) in [6.45, 7) is 1.85. The van der Waals surface area contributed by atoms with Crippen LogP contribution in [0.1, 0.15) is 22.7 Å². The van der Waals surface area contributed by atoms with E-state index in [1.54, 1.807) is 24.3 Å². The first kappa shape index (κ1) is 12.6. The Morgan fingerprint density at radius 1 is 1.22 bits per heavy atom. The summed E-state index contributed by atoms with van der Waals surface area (Å²) in [5.41, 5.74) is 8.87. The third kappa shape index (κ3) is 2.87. The lowest BCUT2D eigenvalue weighted by molar-refractivity contribution is 0.474. The topological polar surface area (TPSA) is 46.2 Å². The summed E-state index contributed by atoms with van der Waals surface area (Å²) >= 11 is 0. The first-order chi connectivity index (χ1) is 8.56. The summed E-state index contributed by atoms with van der Waals surface area (Å²) in [5, 5.41) is 9.40. The van der Waals surface area contributed by atoms with Crippen LogP contribution in [-0.2, 0) is 6.42 Å². The summed E-state index contributed by atoms with van der Waals surface area (Å²) in [6.07, 6.45) is 0.612. The molecular formula is C15H16FNO. The van der Waals surface area contributed by atoms with Gasteiger partial charge in [0.1, 0.15) is 11.6 Å². The molecule has 0 radical (unpaired) electrons. The molecule has 0 aromatic heterocycles. The minimum atomic E-state index is -0.249. The van der Waals surface area contributed by atoms with Crippen molar-refractivity contribution in [1.29, 1.82) is 0 Å². The molecule has 0 heterocycles. The average molecular weight is 245 g/mol. The molecule has 3 heteroatoms. The Hall–Kier alpha value is -1.87. The lowest BCUT2D eigenvalue weighted by Crippen LogP contribution is -2.14. The van der Waals surface area contributed by atoms with Gasteiger partial charge in [0, 0.05) is 6.04 Å². The van der Waals surface area contributed by atoms with Gasteiger partial charge in [0.05, 0.1) is 0 Å². The number of phenolic OH excluding ortho intramolecular Hbond substituents is 1. The van der Waals surface area contributed by atoms with Gasteiger partial charge in [-0.1, -0.05) is 18.2 Å². The third-order valence-electron chi connectivity index (χ3n) is 3.00. The quantitative estimate of drug-likeness (QED) is 0.872. The molecule has 0 saturated heterocycles. The maximum absolute atomic E-state index is 13.0. The Morgan fingerprint density at radius 3 is 2.67 bits per heavy atom. The van der Waals surface area contributed by atoms with Gasteiger partial charge in [0.2, 0.25) is 0 Å². The van der Waals surface area contributed by atoms with Crippen LogP contribution in [0.4, 0.5) is 4.39 Å². The molecular weight excluding hydrogens is 229 g/mol. The molecule has 18 heavy (non-hydrogen) atoms. The van der Waals surface area contributed by atoms with Crippen molar-refractivity contribution >= 4 is 0 Å². The van der Waals surface area contributed by atoms with Crippen molar-refractivity contribution in [3.05, 3.63) is 65.0 Å². The average Bonchev–Trinajstić information content (AvgIpc) is 2.28. The molecule has 2 aromatic rings. The summed E-state index contributed by atoms with van der Waals surface area (Å²) < 4.78 is 13.0. The second-order valence-electron chi connectivity index (χ2n) is 4.48. The minimum Gasteiger partial charge on any atom is -0.508 e. The summed E-state index contributed by atoms with van der Waals surface area (Å²) in [4.78, 5) is 0. The number of halogens is 1. The molecule has 1 atom stereocenters. The monoisotopic (exact) mass is 245 g/mol. The van der Waals surface area contributed by atoms with Crippen molar-refractivity contribution in [2.75, 3.05) is 0 Å². The van der Waals surface area contributed by atoms with Crippen LogP contribution in [0.3, 0.4) is 0 Å². The number of aryl methyl sites for hydroxylation is 1. The zero-order valence-corrected chi connectivity index (χ0v) is 10.2. The maximum atomic E-state index is 13.0. The molecule has 0 aliphatic carbocycles. The van der Waals surface area contributed by atoms with Gasteiger partial charge in [-0.15, -0.1) is 0 Å². The van der Waals surface area contributed by atoms with Crippen LogP contribution in [0.25, 0.3) is 0 Å². The van der Waals surface area contributed by atoms with Crippen LogP contribution in [-0.4, -0.2) is 5.11 Å². The number of phenols is 1. The molecule has 2 aromatic carbocycles. The van der Waals surface area contributed by atoms with E-state index < -0.39 is 0 Å². The van der Waals surface area contributed by atoms with Crippen molar-refractivity contribution in [2.24, 2.45) is 5.73 Å². The van der Waals surface area contributed by atoms with Crippen molar-refractivity contribution in [3.8, 4) is 5.75 Å². The van der Waals surface area contributed by atoms with E-state index in [0.717, 1.165) is 16.7 Å². The molecule has 0 spiro atoms. The van der Waals surface area contributed by atoms with Crippen molar-refractivity contribution in [1.82, 2.24) is 0 Å². The Labute approximate surface area is 106 Å². The van der Waals surface area contributed by atoms with Gasteiger partial charge in [-0.25, -0.2) is 4.39 Å². The highest BCUT2D eigenvalue weighted by molar-refractivity contribution is 5.33. The first-order valence-corrected chi connectivity index (χ1v) is 5.86. The Morgan fingerprint density at radius 2 is 2.00 bits per heavy atom. The third-order valence-corrected chi connectivity index (χ3v) is 3.00. The SMILES string of the molecule is Cc1cc(F)ccc1C(N)Cc1cccc(O)c1. The van der Waals surface area contributed by atoms with E-state index >= 15 is 0 Å². The number of nitrogens with two attached hydrogens (primary N) is 1. The molecule has 3 N–H and O–H groups in total. The largest absolute Gasteiger partial charge is 0.508 e. The van der Waals surface area contributed by atoms with Crippen molar-refractivity contribution in [2.45, 2.75) is 19.4 Å². The lowest BCUT2D eigenvalue weighted by atomic mass is 9.96. The number of hydrogen-bond acceptors (Lipinski definition) is 2. The zero-order valence-electron chi connectivity index (χ0n) is 10.2. The van der Waals surface area contributed by atoms with Gasteiger partial charge in [-0.3, -0.25) is 0 Å².